The molecule has 2 aliphatic rings. The maximum Gasteiger partial charge on any atom is 0.409 e. The fraction of sp³-hybridized carbons (Fsp3) is 0.583. The van der Waals surface area contributed by atoms with E-state index >= 15 is 0 Å². The molecule has 1 aliphatic heterocycles. The van der Waals surface area contributed by atoms with E-state index in [1.54, 1.807) is 0 Å². The van der Waals surface area contributed by atoms with E-state index in [0.717, 1.165) is 49.8 Å². The number of carbonyl (C=O) groups is 1. The van der Waals surface area contributed by atoms with Crippen LogP contribution in [0.1, 0.15) is 67.2 Å². The molecular formula is C24H33N3O3. The number of hydrogen-bond donors (Lipinski definition) is 1. The minimum Gasteiger partial charge on any atom is -0.453 e. The number of aromatic nitrogens is 2. The Morgan fingerprint density at radius 2 is 1.93 bits per heavy atom. The van der Waals surface area contributed by atoms with Crippen LogP contribution in [-0.2, 0) is 9.47 Å². The van der Waals surface area contributed by atoms with Crippen molar-refractivity contribution in [2.75, 3.05) is 20.3 Å². The number of nitrogens with one attached hydrogen (secondary N) is 1. The summed E-state index contributed by atoms with van der Waals surface area (Å²) in [6.07, 6.45) is 8.27. The van der Waals surface area contributed by atoms with E-state index in [0.29, 0.717) is 19.1 Å². The topological polar surface area (TPSA) is 67.5 Å². The molecule has 6 heteroatoms. The second-order valence-electron chi connectivity index (χ2n) is 8.66. The van der Waals surface area contributed by atoms with Crippen LogP contribution in [0.3, 0.4) is 0 Å². The molecule has 162 valence electrons. The Balaban J connectivity index is 1.40. The van der Waals surface area contributed by atoms with E-state index in [4.69, 9.17) is 9.47 Å². The van der Waals surface area contributed by atoms with Crippen LogP contribution in [0.5, 0.6) is 0 Å². The molecule has 6 nitrogen and oxygen atoms in total. The van der Waals surface area contributed by atoms with Crippen molar-refractivity contribution >= 4 is 6.09 Å². The monoisotopic (exact) mass is 411 g/mol. The van der Waals surface area contributed by atoms with Gasteiger partial charge in [-0.1, -0.05) is 30.3 Å². The van der Waals surface area contributed by atoms with E-state index in [1.165, 1.54) is 12.7 Å². The summed E-state index contributed by atoms with van der Waals surface area (Å²) in [4.78, 5) is 14.3. The molecule has 2 fully saturated rings. The number of carbonyl (C=O) groups excluding carboxylic acids is 1. The highest BCUT2D eigenvalue weighted by atomic mass is 16.5. The van der Waals surface area contributed by atoms with Crippen molar-refractivity contribution in [2.45, 2.75) is 69.4 Å². The van der Waals surface area contributed by atoms with Gasteiger partial charge in [0.25, 0.3) is 0 Å². The largest absolute Gasteiger partial charge is 0.453 e. The third-order valence-corrected chi connectivity index (χ3v) is 6.87. The Morgan fingerprint density at radius 1 is 1.17 bits per heavy atom. The molecule has 4 rings (SSSR count). The SMILES string of the molecule is COC(=O)N1CCC[C@H](c2[nH]ncc2C)[C@@H]1CO[C@H]1CC[C@@H](c2ccccc2)CC1. The summed E-state index contributed by atoms with van der Waals surface area (Å²) in [6, 6.07) is 10.8. The number of aryl methyl sites for hydroxylation is 1. The predicted molar refractivity (Wildman–Crippen MR) is 116 cm³/mol. The highest BCUT2D eigenvalue weighted by molar-refractivity contribution is 5.68. The molecule has 1 amide bonds. The Morgan fingerprint density at radius 3 is 2.60 bits per heavy atom. The molecule has 0 bridgehead atoms. The van der Waals surface area contributed by atoms with E-state index in [1.807, 2.05) is 11.1 Å². The van der Waals surface area contributed by atoms with E-state index in [9.17, 15) is 4.79 Å². The van der Waals surface area contributed by atoms with Gasteiger partial charge < -0.3 is 14.4 Å². The minimum atomic E-state index is -0.266. The standard InChI is InChI=1S/C24H33N3O3/c1-17-15-25-26-23(17)21-9-6-14-27(24(28)29-2)22(21)16-30-20-12-10-19(11-13-20)18-7-4-3-5-8-18/h3-5,7-8,15,19-22H,6,9-14,16H2,1-2H3,(H,25,26)/t19-,20+,21-,22-/m0/s1. The first kappa shape index (κ1) is 20.9. The summed E-state index contributed by atoms with van der Waals surface area (Å²) in [5.41, 5.74) is 3.69. The summed E-state index contributed by atoms with van der Waals surface area (Å²) < 4.78 is 11.5. The summed E-state index contributed by atoms with van der Waals surface area (Å²) >= 11 is 0. The van der Waals surface area contributed by atoms with Crippen molar-refractivity contribution in [3.05, 3.63) is 53.3 Å². The Kier molecular flexibility index (Phi) is 6.72. The number of H-pyrrole nitrogens is 1. The molecule has 2 atom stereocenters. The maximum absolute atomic E-state index is 12.5. The maximum atomic E-state index is 12.5. The number of ether oxygens (including phenoxy) is 2. The van der Waals surface area contributed by atoms with Crippen LogP contribution in [0.25, 0.3) is 0 Å². The molecule has 0 unspecified atom stereocenters. The van der Waals surface area contributed by atoms with Gasteiger partial charge in [-0.15, -0.1) is 0 Å². The number of rotatable bonds is 5. The van der Waals surface area contributed by atoms with Gasteiger partial charge in [0.1, 0.15) is 0 Å². The lowest BCUT2D eigenvalue weighted by atomic mass is 9.82. The van der Waals surface area contributed by atoms with E-state index < -0.39 is 0 Å². The van der Waals surface area contributed by atoms with Crippen molar-refractivity contribution in [1.82, 2.24) is 15.1 Å². The molecule has 1 N–H and O–H groups in total. The lowest BCUT2D eigenvalue weighted by molar-refractivity contribution is -0.0242. The zero-order valence-corrected chi connectivity index (χ0v) is 18.0. The number of likely N-dealkylation sites (tertiary alicyclic amines) is 1. The molecule has 1 aromatic heterocycles. The van der Waals surface area contributed by atoms with Crippen LogP contribution < -0.4 is 0 Å². The van der Waals surface area contributed by atoms with E-state index in [2.05, 4.69) is 47.5 Å². The number of piperidine rings is 1. The Labute approximate surface area is 178 Å². The average Bonchev–Trinajstić information content (AvgIpc) is 3.23. The van der Waals surface area contributed by atoms with Gasteiger partial charge >= 0.3 is 6.09 Å². The van der Waals surface area contributed by atoms with Crippen LogP contribution in [-0.4, -0.2) is 53.6 Å². The van der Waals surface area contributed by atoms with Crippen molar-refractivity contribution in [2.24, 2.45) is 0 Å². The molecule has 1 aliphatic carbocycles. The Hall–Kier alpha value is -2.34. The van der Waals surface area contributed by atoms with Gasteiger partial charge in [-0.25, -0.2) is 4.79 Å². The molecular weight excluding hydrogens is 378 g/mol. The van der Waals surface area contributed by atoms with Gasteiger partial charge in [0.15, 0.2) is 0 Å². The smallest absolute Gasteiger partial charge is 0.409 e. The van der Waals surface area contributed by atoms with Crippen molar-refractivity contribution < 1.29 is 14.3 Å². The normalized spacial score (nSPS) is 27.1. The molecule has 2 aromatic rings. The molecule has 1 saturated carbocycles. The zero-order valence-electron chi connectivity index (χ0n) is 18.0. The van der Waals surface area contributed by atoms with Crippen molar-refractivity contribution in [3.63, 3.8) is 0 Å². The fourth-order valence-electron chi connectivity index (χ4n) is 5.20. The molecule has 2 heterocycles. The molecule has 1 saturated heterocycles. The Bertz CT molecular complexity index is 814. The molecule has 1 aromatic carbocycles. The molecule has 30 heavy (non-hydrogen) atoms. The predicted octanol–water partition coefficient (Wildman–Crippen LogP) is 4.78. The second kappa shape index (κ2) is 9.65. The van der Waals surface area contributed by atoms with Crippen LogP contribution in [0.4, 0.5) is 4.79 Å². The summed E-state index contributed by atoms with van der Waals surface area (Å²) in [5.74, 6) is 0.827. The summed E-state index contributed by atoms with van der Waals surface area (Å²) in [5, 5.41) is 7.37. The first-order valence-electron chi connectivity index (χ1n) is 11.2. The van der Waals surface area contributed by atoms with E-state index in [-0.39, 0.29) is 24.2 Å². The van der Waals surface area contributed by atoms with Crippen molar-refractivity contribution in [3.8, 4) is 0 Å². The minimum absolute atomic E-state index is 0.0304. The van der Waals surface area contributed by atoms with Crippen LogP contribution in [0.15, 0.2) is 36.5 Å². The number of benzene rings is 1. The third-order valence-electron chi connectivity index (χ3n) is 6.87. The lowest BCUT2D eigenvalue weighted by Crippen LogP contribution is -2.50. The zero-order chi connectivity index (χ0) is 20.9. The first-order valence-corrected chi connectivity index (χ1v) is 11.2. The first-order chi connectivity index (χ1) is 14.7. The van der Waals surface area contributed by atoms with Gasteiger partial charge in [-0.2, -0.15) is 5.10 Å². The fourth-order valence-corrected chi connectivity index (χ4v) is 5.20. The number of nitrogens with zero attached hydrogens (tertiary/aromatic N) is 2. The second-order valence-corrected chi connectivity index (χ2v) is 8.66. The lowest BCUT2D eigenvalue weighted by Gasteiger charge is -2.41. The van der Waals surface area contributed by atoms with Gasteiger partial charge in [-0.05, 0) is 62.5 Å². The van der Waals surface area contributed by atoms with Gasteiger partial charge in [0, 0.05) is 18.2 Å². The number of amides is 1. The number of hydrogen-bond acceptors (Lipinski definition) is 4. The quantitative estimate of drug-likeness (QED) is 0.769. The van der Waals surface area contributed by atoms with Gasteiger partial charge in [0.05, 0.1) is 32.1 Å². The van der Waals surface area contributed by atoms with Crippen LogP contribution in [0.2, 0.25) is 0 Å². The molecule has 0 radical (unpaired) electrons. The van der Waals surface area contributed by atoms with Gasteiger partial charge in [0.2, 0.25) is 0 Å². The van der Waals surface area contributed by atoms with Crippen LogP contribution >= 0.6 is 0 Å². The molecule has 0 spiro atoms. The highest BCUT2D eigenvalue weighted by Gasteiger charge is 2.38. The average molecular weight is 412 g/mol. The summed E-state index contributed by atoms with van der Waals surface area (Å²) in [7, 11) is 1.45. The van der Waals surface area contributed by atoms with Crippen molar-refractivity contribution in [1.29, 1.82) is 0 Å². The van der Waals surface area contributed by atoms with Gasteiger partial charge in [-0.3, -0.25) is 5.10 Å². The number of methoxy groups -OCH3 is 1. The summed E-state index contributed by atoms with van der Waals surface area (Å²) in [6.45, 7) is 3.32. The van der Waals surface area contributed by atoms with Crippen LogP contribution in [0, 0.1) is 6.92 Å². The highest BCUT2D eigenvalue weighted by Crippen LogP contribution is 2.36. The third kappa shape index (κ3) is 4.53. The number of aromatic amines is 1.